The fourth-order valence-electron chi connectivity index (χ4n) is 3.85. The zero-order chi connectivity index (χ0) is 31.7. The summed E-state index contributed by atoms with van der Waals surface area (Å²) in [5, 5.41) is 26.9. The Labute approximate surface area is 243 Å². The summed E-state index contributed by atoms with van der Waals surface area (Å²) in [5.41, 5.74) is 27.7. The van der Waals surface area contributed by atoms with E-state index in [1.54, 1.807) is 12.1 Å². The van der Waals surface area contributed by atoms with E-state index in [-0.39, 0.29) is 56.8 Å². The van der Waals surface area contributed by atoms with Crippen LogP contribution in [0.25, 0.3) is 0 Å². The van der Waals surface area contributed by atoms with Gasteiger partial charge in [0.15, 0.2) is 5.96 Å². The number of nitrogens with zero attached hydrogens (tertiary/aromatic N) is 1. The SMILES string of the molecule is NCCCCC(NC(=O)C(N)CCC(N)=O)C(=O)NC(Cc1ccc(O)cc1)C(=O)NC(CCCN=C(N)N)C(=O)O. The molecule has 4 atom stereocenters. The molecule has 0 aliphatic rings. The van der Waals surface area contributed by atoms with E-state index >= 15 is 0 Å². The van der Waals surface area contributed by atoms with Crippen molar-refractivity contribution in [3.63, 3.8) is 0 Å². The summed E-state index contributed by atoms with van der Waals surface area (Å²) in [6.07, 6.45) is 1.28. The van der Waals surface area contributed by atoms with Gasteiger partial charge in [-0.1, -0.05) is 12.1 Å². The number of aliphatic carboxylic acids is 1. The molecule has 0 spiro atoms. The van der Waals surface area contributed by atoms with E-state index in [1.807, 2.05) is 0 Å². The van der Waals surface area contributed by atoms with Crippen LogP contribution in [0.1, 0.15) is 50.5 Å². The summed E-state index contributed by atoms with van der Waals surface area (Å²) in [6.45, 7) is 0.507. The van der Waals surface area contributed by atoms with Crippen molar-refractivity contribution in [1.29, 1.82) is 0 Å². The number of carboxylic acids is 1. The third-order valence-corrected chi connectivity index (χ3v) is 6.19. The van der Waals surface area contributed by atoms with Gasteiger partial charge in [0.05, 0.1) is 6.04 Å². The highest BCUT2D eigenvalue weighted by atomic mass is 16.4. The highest BCUT2D eigenvalue weighted by Crippen LogP contribution is 2.13. The summed E-state index contributed by atoms with van der Waals surface area (Å²) in [4.78, 5) is 66.0. The number of hydrogen-bond acceptors (Lipinski definition) is 9. The molecule has 0 bridgehead atoms. The highest BCUT2D eigenvalue weighted by molar-refractivity contribution is 5.94. The van der Waals surface area contributed by atoms with Crippen LogP contribution in [0.4, 0.5) is 0 Å². The maximum atomic E-state index is 13.4. The van der Waals surface area contributed by atoms with E-state index in [2.05, 4.69) is 20.9 Å². The van der Waals surface area contributed by atoms with Gasteiger partial charge >= 0.3 is 5.97 Å². The first-order valence-electron chi connectivity index (χ1n) is 13.5. The minimum Gasteiger partial charge on any atom is -0.508 e. The predicted octanol–water partition coefficient (Wildman–Crippen LogP) is -2.75. The monoisotopic (exact) mass is 593 g/mol. The number of unbranched alkanes of at least 4 members (excludes halogenated alkanes) is 1. The first-order chi connectivity index (χ1) is 19.8. The lowest BCUT2D eigenvalue weighted by Gasteiger charge is -2.25. The van der Waals surface area contributed by atoms with Crippen LogP contribution in [0.5, 0.6) is 5.75 Å². The lowest BCUT2D eigenvalue weighted by atomic mass is 10.0. The van der Waals surface area contributed by atoms with Gasteiger partial charge in [0.1, 0.15) is 23.9 Å². The van der Waals surface area contributed by atoms with Crippen LogP contribution in [0.2, 0.25) is 0 Å². The number of primary amides is 1. The number of amides is 4. The first-order valence-corrected chi connectivity index (χ1v) is 13.5. The van der Waals surface area contributed by atoms with Crippen molar-refractivity contribution < 1.29 is 34.2 Å². The molecule has 16 nitrogen and oxygen atoms in total. The number of nitrogens with two attached hydrogens (primary N) is 5. The number of carboxylic acid groups (broad SMARTS) is 1. The van der Waals surface area contributed by atoms with Crippen molar-refractivity contribution >= 4 is 35.6 Å². The third kappa shape index (κ3) is 14.3. The molecule has 15 N–H and O–H groups in total. The van der Waals surface area contributed by atoms with Crippen LogP contribution >= 0.6 is 0 Å². The molecule has 1 aromatic carbocycles. The molecule has 234 valence electrons. The van der Waals surface area contributed by atoms with E-state index in [0.717, 1.165) is 0 Å². The van der Waals surface area contributed by atoms with Gasteiger partial charge in [-0.25, -0.2) is 4.79 Å². The van der Waals surface area contributed by atoms with Crippen LogP contribution in [-0.4, -0.2) is 83.0 Å². The molecule has 42 heavy (non-hydrogen) atoms. The van der Waals surface area contributed by atoms with Crippen LogP contribution in [0, 0.1) is 0 Å². The molecule has 0 saturated carbocycles. The molecule has 0 saturated heterocycles. The van der Waals surface area contributed by atoms with Crippen molar-refractivity contribution in [2.24, 2.45) is 33.7 Å². The van der Waals surface area contributed by atoms with E-state index in [0.29, 0.717) is 24.9 Å². The minimum absolute atomic E-state index is 0.00846. The molecule has 0 fully saturated rings. The van der Waals surface area contributed by atoms with E-state index < -0.39 is 53.8 Å². The Morgan fingerprint density at radius 1 is 0.786 bits per heavy atom. The summed E-state index contributed by atoms with van der Waals surface area (Å²) < 4.78 is 0. The zero-order valence-corrected chi connectivity index (χ0v) is 23.5. The van der Waals surface area contributed by atoms with Crippen LogP contribution in [-0.2, 0) is 30.4 Å². The number of hydrogen-bond donors (Lipinski definition) is 10. The summed E-state index contributed by atoms with van der Waals surface area (Å²) in [7, 11) is 0. The second-order valence-corrected chi connectivity index (χ2v) is 9.74. The number of aliphatic imine (C=N–C) groups is 1. The second-order valence-electron chi connectivity index (χ2n) is 9.74. The Balaban J connectivity index is 3.13. The Hall–Kier alpha value is -4.44. The number of carbonyl (C=O) groups excluding carboxylic acids is 4. The van der Waals surface area contributed by atoms with E-state index in [4.69, 9.17) is 28.7 Å². The van der Waals surface area contributed by atoms with Gasteiger partial charge in [0.2, 0.25) is 23.6 Å². The van der Waals surface area contributed by atoms with Gasteiger partial charge in [0, 0.05) is 19.4 Å². The summed E-state index contributed by atoms with van der Waals surface area (Å²) in [5.74, 6) is -4.25. The molecule has 1 aromatic rings. The maximum Gasteiger partial charge on any atom is 0.326 e. The number of rotatable bonds is 20. The number of benzene rings is 1. The predicted molar refractivity (Wildman–Crippen MR) is 154 cm³/mol. The quantitative estimate of drug-likeness (QED) is 0.0419. The lowest BCUT2D eigenvalue weighted by Crippen LogP contribution is -2.57. The van der Waals surface area contributed by atoms with Gasteiger partial charge in [-0.2, -0.15) is 0 Å². The normalized spacial score (nSPS) is 13.6. The highest BCUT2D eigenvalue weighted by Gasteiger charge is 2.30. The van der Waals surface area contributed by atoms with Crippen LogP contribution in [0.15, 0.2) is 29.3 Å². The van der Waals surface area contributed by atoms with Crippen molar-refractivity contribution in [3.8, 4) is 5.75 Å². The van der Waals surface area contributed by atoms with Gasteiger partial charge < -0.3 is 54.8 Å². The summed E-state index contributed by atoms with van der Waals surface area (Å²) >= 11 is 0. The number of phenols is 1. The second kappa shape index (κ2) is 18.8. The Kier molecular flexibility index (Phi) is 15.9. The van der Waals surface area contributed by atoms with Crippen LogP contribution in [0.3, 0.4) is 0 Å². The number of guanidine groups is 1. The van der Waals surface area contributed by atoms with Gasteiger partial charge in [-0.3, -0.25) is 24.2 Å². The largest absolute Gasteiger partial charge is 0.508 e. The fraction of sp³-hybridized carbons (Fsp3) is 0.538. The molecule has 0 heterocycles. The molecule has 4 amide bonds. The molecule has 1 rings (SSSR count). The van der Waals surface area contributed by atoms with E-state index in [9.17, 15) is 34.2 Å². The number of phenolic OH excluding ortho intramolecular Hbond substituents is 1. The average molecular weight is 594 g/mol. The Bertz CT molecular complexity index is 1080. The minimum atomic E-state index is -1.30. The van der Waals surface area contributed by atoms with E-state index in [1.165, 1.54) is 12.1 Å². The van der Waals surface area contributed by atoms with Crippen molar-refractivity contribution in [2.75, 3.05) is 13.1 Å². The molecule has 16 heteroatoms. The van der Waals surface area contributed by atoms with Gasteiger partial charge in [0.25, 0.3) is 0 Å². The topological polar surface area (TPSA) is 304 Å². The van der Waals surface area contributed by atoms with Gasteiger partial charge in [-0.15, -0.1) is 0 Å². The van der Waals surface area contributed by atoms with Crippen LogP contribution < -0.4 is 44.6 Å². The van der Waals surface area contributed by atoms with Gasteiger partial charge in [-0.05, 0) is 62.8 Å². The lowest BCUT2D eigenvalue weighted by molar-refractivity contribution is -0.142. The molecule has 0 aromatic heterocycles. The van der Waals surface area contributed by atoms with Crippen molar-refractivity contribution in [1.82, 2.24) is 16.0 Å². The van der Waals surface area contributed by atoms with Crippen molar-refractivity contribution in [3.05, 3.63) is 29.8 Å². The molecule has 0 aliphatic heterocycles. The molecule has 4 unspecified atom stereocenters. The van der Waals surface area contributed by atoms with Crippen molar-refractivity contribution in [2.45, 2.75) is 75.5 Å². The Morgan fingerprint density at radius 2 is 1.36 bits per heavy atom. The molecular formula is C26H43N9O7. The molecule has 0 radical (unpaired) electrons. The maximum absolute atomic E-state index is 13.4. The number of nitrogens with one attached hydrogen (secondary N) is 3. The standard InChI is InChI=1S/C26H43N9O7/c27-12-2-1-4-18(33-22(38)17(28)10-11-21(29)37)23(39)35-20(14-15-6-8-16(36)9-7-15)24(40)34-19(25(41)42)5-3-13-32-26(30)31/h6-9,17-20,36H,1-5,10-14,27-28H2,(H2,29,37)(H,33,38)(H,34,40)(H,35,39)(H,41,42)(H4,30,31,32). The summed E-state index contributed by atoms with van der Waals surface area (Å²) in [6, 6.07) is 1.14. The average Bonchev–Trinajstić information content (AvgIpc) is 2.93. The molecule has 0 aliphatic carbocycles. The number of carbonyl (C=O) groups is 5. The first kappa shape index (κ1) is 35.6. The number of aromatic hydroxyl groups is 1. The smallest absolute Gasteiger partial charge is 0.326 e. The third-order valence-electron chi connectivity index (χ3n) is 6.19. The Morgan fingerprint density at radius 3 is 1.93 bits per heavy atom. The molecular weight excluding hydrogens is 550 g/mol. The zero-order valence-electron chi connectivity index (χ0n) is 23.5. The fourth-order valence-corrected chi connectivity index (χ4v) is 3.85.